The summed E-state index contributed by atoms with van der Waals surface area (Å²) in [7, 11) is -3.57. The first kappa shape index (κ1) is 18.3. The Morgan fingerprint density at radius 1 is 1.29 bits per heavy atom. The summed E-state index contributed by atoms with van der Waals surface area (Å²) in [5.41, 5.74) is 11.3. The largest absolute Gasteiger partial charge is 0.489 e. The van der Waals surface area contributed by atoms with E-state index in [0.717, 1.165) is 31.9 Å². The van der Waals surface area contributed by atoms with E-state index in [4.69, 9.17) is 16.2 Å². The molecule has 1 aliphatic carbocycles. The van der Waals surface area contributed by atoms with Crippen molar-refractivity contribution in [2.45, 2.75) is 50.0 Å². The molecule has 24 heavy (non-hydrogen) atoms. The minimum absolute atomic E-state index is 0.00876. The minimum Gasteiger partial charge on any atom is -0.489 e. The smallest absolute Gasteiger partial charge is 0.280 e. The van der Waals surface area contributed by atoms with Crippen molar-refractivity contribution in [1.29, 1.82) is 0 Å². The zero-order valence-corrected chi connectivity index (χ0v) is 14.7. The highest BCUT2D eigenvalue weighted by Crippen LogP contribution is 2.32. The van der Waals surface area contributed by atoms with E-state index in [2.05, 4.69) is 4.99 Å². The first-order valence-electron chi connectivity index (χ1n) is 7.90. The van der Waals surface area contributed by atoms with Crippen LogP contribution in [0.3, 0.4) is 0 Å². The molecule has 4 N–H and O–H groups in total. The molecule has 1 fully saturated rings. The first-order valence-corrected chi connectivity index (χ1v) is 9.79. The quantitative estimate of drug-likeness (QED) is 0.609. The fourth-order valence-corrected chi connectivity index (χ4v) is 3.64. The van der Waals surface area contributed by atoms with Gasteiger partial charge in [-0.05, 0) is 49.8 Å². The maximum atomic E-state index is 12.2. The van der Waals surface area contributed by atoms with Crippen LogP contribution in [0.2, 0.25) is 0 Å². The van der Waals surface area contributed by atoms with Crippen LogP contribution in [0.15, 0.2) is 22.0 Å². The van der Waals surface area contributed by atoms with Gasteiger partial charge in [0.05, 0.1) is 6.10 Å². The maximum Gasteiger partial charge on any atom is 0.280 e. The Labute approximate surface area is 142 Å². The van der Waals surface area contributed by atoms with E-state index in [0.29, 0.717) is 17.7 Å². The molecule has 0 aromatic heterocycles. The third-order valence-corrected chi connectivity index (χ3v) is 5.12. The molecule has 1 aromatic carbocycles. The molecule has 0 radical (unpaired) electrons. The Morgan fingerprint density at radius 2 is 1.92 bits per heavy atom. The molecule has 0 atom stereocenters. The van der Waals surface area contributed by atoms with Gasteiger partial charge in [0, 0.05) is 11.8 Å². The second-order valence-corrected chi connectivity index (χ2v) is 7.93. The number of aliphatic imine (C=N–C) groups is 1. The van der Waals surface area contributed by atoms with Gasteiger partial charge in [0.1, 0.15) is 10.6 Å². The summed E-state index contributed by atoms with van der Waals surface area (Å²) in [5, 5.41) is 0. The minimum atomic E-state index is -3.57. The molecule has 7 nitrogen and oxygen atoms in total. The van der Waals surface area contributed by atoms with E-state index in [1.807, 2.05) is 6.92 Å². The molecule has 0 unspecified atom stereocenters. The summed E-state index contributed by atoms with van der Waals surface area (Å²) in [6.07, 6.45) is 5.56. The van der Waals surface area contributed by atoms with Gasteiger partial charge in [0.15, 0.2) is 15.8 Å². The number of rotatable bonds is 5. The van der Waals surface area contributed by atoms with Gasteiger partial charge in [-0.2, -0.15) is 4.99 Å². The third-order valence-electron chi connectivity index (χ3n) is 4.01. The lowest BCUT2D eigenvalue weighted by Crippen LogP contribution is -2.24. The van der Waals surface area contributed by atoms with Crippen LogP contribution in [0.25, 0.3) is 0 Å². The van der Waals surface area contributed by atoms with Crippen molar-refractivity contribution >= 4 is 21.7 Å². The Kier molecular flexibility index (Phi) is 5.48. The van der Waals surface area contributed by atoms with Crippen molar-refractivity contribution in [1.82, 2.24) is 0 Å². The number of nitrogens with two attached hydrogens (primary N) is 2. The molecule has 1 saturated carbocycles. The Morgan fingerprint density at radius 3 is 2.42 bits per heavy atom. The monoisotopic (exact) mass is 353 g/mol. The van der Waals surface area contributed by atoms with E-state index in [1.54, 1.807) is 6.07 Å². The number of carbonyl (C=O) groups is 1. The molecule has 0 heterocycles. The van der Waals surface area contributed by atoms with Gasteiger partial charge >= 0.3 is 0 Å². The first-order chi connectivity index (χ1) is 11.2. The third kappa shape index (κ3) is 4.25. The molecule has 0 bridgehead atoms. The number of nitrogens with zero attached hydrogens (tertiary/aromatic N) is 1. The predicted octanol–water partition coefficient (Wildman–Crippen LogP) is 1.39. The lowest BCUT2D eigenvalue weighted by molar-refractivity contribution is 0.100. The number of benzene rings is 1. The van der Waals surface area contributed by atoms with Crippen LogP contribution in [0.1, 0.15) is 48.5 Å². The highest BCUT2D eigenvalue weighted by atomic mass is 32.2. The molecule has 1 aromatic rings. The van der Waals surface area contributed by atoms with Crippen LogP contribution in [-0.2, 0) is 16.3 Å². The number of guanidine groups is 1. The van der Waals surface area contributed by atoms with Crippen molar-refractivity contribution < 1.29 is 17.9 Å². The number of amides is 1. The van der Waals surface area contributed by atoms with Crippen molar-refractivity contribution in [2.24, 2.45) is 16.5 Å². The Bertz CT molecular complexity index is 762. The second-order valence-electron chi connectivity index (χ2n) is 5.95. The summed E-state index contributed by atoms with van der Waals surface area (Å²) in [6.45, 7) is 1.86. The van der Waals surface area contributed by atoms with Gasteiger partial charge < -0.3 is 16.2 Å². The molecule has 132 valence electrons. The normalized spacial score (nSPS) is 15.2. The molecule has 2 rings (SSSR count). The Hall–Kier alpha value is -2.09. The average molecular weight is 353 g/mol. The highest BCUT2D eigenvalue weighted by Gasteiger charge is 2.24. The maximum absolute atomic E-state index is 12.2. The van der Waals surface area contributed by atoms with E-state index >= 15 is 0 Å². The number of aryl methyl sites for hydroxylation is 1. The molecule has 0 spiro atoms. The number of hydrogen-bond acceptors (Lipinski definition) is 4. The summed E-state index contributed by atoms with van der Waals surface area (Å²) >= 11 is 0. The molecule has 0 saturated heterocycles. The van der Waals surface area contributed by atoms with E-state index in [9.17, 15) is 13.2 Å². The number of hydrogen-bond donors (Lipinski definition) is 2. The standard InChI is InChI=1S/C16H23N3O4S/c1-3-10-8-13(23-11-6-4-5-7-11)14(24(2,21)22)9-12(10)15(20)19-16(17)18/h8-9,11H,3-7H2,1-2H3,(H4,17,18,19,20). The van der Waals surface area contributed by atoms with E-state index in [-0.39, 0.29) is 22.5 Å². The molecule has 8 heteroatoms. The van der Waals surface area contributed by atoms with Crippen molar-refractivity contribution in [3.05, 3.63) is 23.3 Å². The van der Waals surface area contributed by atoms with Gasteiger partial charge in [-0.1, -0.05) is 6.92 Å². The van der Waals surface area contributed by atoms with Crippen LogP contribution < -0.4 is 16.2 Å². The predicted molar refractivity (Wildman–Crippen MR) is 92.0 cm³/mol. The molecule has 0 aliphatic heterocycles. The molecular formula is C16H23N3O4S. The number of sulfone groups is 1. The fourth-order valence-electron chi connectivity index (χ4n) is 2.84. The molecule has 1 aliphatic rings. The molecule has 1 amide bonds. The summed E-state index contributed by atoms with van der Waals surface area (Å²) in [4.78, 5) is 15.7. The van der Waals surface area contributed by atoms with Gasteiger partial charge in [-0.15, -0.1) is 0 Å². The lowest BCUT2D eigenvalue weighted by atomic mass is 10.0. The summed E-state index contributed by atoms with van der Waals surface area (Å²) in [5.74, 6) is -0.735. The van der Waals surface area contributed by atoms with Crippen LogP contribution in [0, 0.1) is 0 Å². The second kappa shape index (κ2) is 7.21. The van der Waals surface area contributed by atoms with E-state index < -0.39 is 15.7 Å². The average Bonchev–Trinajstić information content (AvgIpc) is 2.97. The highest BCUT2D eigenvalue weighted by molar-refractivity contribution is 7.90. The van der Waals surface area contributed by atoms with Gasteiger partial charge in [-0.25, -0.2) is 8.42 Å². The zero-order chi connectivity index (χ0) is 17.9. The van der Waals surface area contributed by atoms with E-state index in [1.165, 1.54) is 6.07 Å². The van der Waals surface area contributed by atoms with Crippen LogP contribution in [-0.4, -0.2) is 32.6 Å². The van der Waals surface area contributed by atoms with Crippen molar-refractivity contribution in [3.63, 3.8) is 0 Å². The molecular weight excluding hydrogens is 330 g/mol. The van der Waals surface area contributed by atoms with Crippen molar-refractivity contribution in [3.8, 4) is 5.75 Å². The van der Waals surface area contributed by atoms with Gasteiger partial charge in [0.25, 0.3) is 5.91 Å². The van der Waals surface area contributed by atoms with Gasteiger partial charge in [0.2, 0.25) is 0 Å². The number of ether oxygens (including phenoxy) is 1. The topological polar surface area (TPSA) is 125 Å². The van der Waals surface area contributed by atoms with Crippen molar-refractivity contribution in [2.75, 3.05) is 6.26 Å². The SMILES string of the molecule is CCc1cc(OC2CCCC2)c(S(C)(=O)=O)cc1C(=O)N=C(N)N. The number of carbonyl (C=O) groups excluding carboxylic acids is 1. The van der Waals surface area contributed by atoms with Crippen LogP contribution in [0.4, 0.5) is 0 Å². The van der Waals surface area contributed by atoms with Crippen LogP contribution in [0.5, 0.6) is 5.75 Å². The summed E-state index contributed by atoms with van der Waals surface area (Å²) < 4.78 is 30.2. The Balaban J connectivity index is 2.55. The zero-order valence-electron chi connectivity index (χ0n) is 13.9. The van der Waals surface area contributed by atoms with Crippen LogP contribution >= 0.6 is 0 Å². The summed E-state index contributed by atoms with van der Waals surface area (Å²) in [6, 6.07) is 2.93. The lowest BCUT2D eigenvalue weighted by Gasteiger charge is -2.18. The van der Waals surface area contributed by atoms with Gasteiger partial charge in [-0.3, -0.25) is 4.79 Å². The fraction of sp³-hybridized carbons (Fsp3) is 0.500.